The van der Waals surface area contributed by atoms with E-state index in [-0.39, 0.29) is 6.04 Å². The molecule has 1 aromatic carbocycles. The molecular weight excluding hydrogens is 264 g/mol. The van der Waals surface area contributed by atoms with Crippen LogP contribution in [0, 0.1) is 6.92 Å². The maximum Gasteiger partial charge on any atom is 0.0931 e. The molecule has 0 aliphatic carbocycles. The van der Waals surface area contributed by atoms with Crippen LogP contribution < -0.4 is 11.1 Å². The van der Waals surface area contributed by atoms with Gasteiger partial charge in [-0.05, 0) is 24.6 Å². The van der Waals surface area contributed by atoms with Gasteiger partial charge in [-0.2, -0.15) is 0 Å². The Morgan fingerprint density at radius 1 is 1.22 bits per heavy atom. The van der Waals surface area contributed by atoms with E-state index in [1.54, 1.807) is 11.3 Å². The summed E-state index contributed by atoms with van der Waals surface area (Å²) in [6.07, 6.45) is 0. The van der Waals surface area contributed by atoms with E-state index in [1.807, 2.05) is 12.1 Å². The second-order valence-electron chi connectivity index (χ2n) is 4.35. The van der Waals surface area contributed by atoms with Gasteiger partial charge in [-0.15, -0.1) is 11.3 Å². The largest absolute Gasteiger partial charge is 0.323 e. The highest BCUT2D eigenvalue weighted by molar-refractivity contribution is 7.16. The number of hydrogen-bond acceptors (Lipinski definition) is 3. The number of hydrogen-bond donors (Lipinski definition) is 2. The summed E-state index contributed by atoms with van der Waals surface area (Å²) in [5.74, 6) is 0. The summed E-state index contributed by atoms with van der Waals surface area (Å²) in [4.78, 5) is 1.23. The fourth-order valence-corrected chi connectivity index (χ4v) is 2.79. The van der Waals surface area contributed by atoms with E-state index in [0.29, 0.717) is 0 Å². The molecule has 4 heteroatoms. The van der Waals surface area contributed by atoms with Crippen LogP contribution in [0.2, 0.25) is 4.34 Å². The zero-order chi connectivity index (χ0) is 13.0. The Hall–Kier alpha value is -0.870. The van der Waals surface area contributed by atoms with Crippen molar-refractivity contribution in [2.24, 2.45) is 5.73 Å². The lowest BCUT2D eigenvalue weighted by Gasteiger charge is -2.13. The lowest BCUT2D eigenvalue weighted by atomic mass is 10.1. The summed E-state index contributed by atoms with van der Waals surface area (Å²) >= 11 is 7.48. The van der Waals surface area contributed by atoms with Gasteiger partial charge in [0.15, 0.2) is 0 Å². The van der Waals surface area contributed by atoms with E-state index < -0.39 is 0 Å². The third-order valence-corrected chi connectivity index (χ3v) is 4.03. The van der Waals surface area contributed by atoms with Crippen LogP contribution in [-0.4, -0.2) is 6.54 Å². The summed E-state index contributed by atoms with van der Waals surface area (Å²) in [5.41, 5.74) is 8.55. The summed E-state index contributed by atoms with van der Waals surface area (Å²) in [5, 5.41) is 3.35. The Balaban J connectivity index is 1.81. The van der Waals surface area contributed by atoms with Crippen molar-refractivity contribution >= 4 is 22.9 Å². The number of nitrogens with two attached hydrogens (primary N) is 1. The highest BCUT2D eigenvalue weighted by Gasteiger charge is 2.05. The van der Waals surface area contributed by atoms with E-state index >= 15 is 0 Å². The molecule has 1 unspecified atom stereocenters. The maximum absolute atomic E-state index is 6.13. The fraction of sp³-hybridized carbons (Fsp3) is 0.286. The number of thiophene rings is 1. The monoisotopic (exact) mass is 280 g/mol. The first-order valence-electron chi connectivity index (χ1n) is 5.92. The molecule has 0 saturated heterocycles. The standard InChI is InChI=1S/C14H17ClN2S/c1-10-2-4-11(5-3-10)13(16)9-17-8-12-6-7-14(15)18-12/h2-7,13,17H,8-9,16H2,1H3. The fourth-order valence-electron chi connectivity index (χ4n) is 1.73. The van der Waals surface area contributed by atoms with Gasteiger partial charge in [0, 0.05) is 24.0 Å². The SMILES string of the molecule is Cc1ccc(C(N)CNCc2ccc(Cl)s2)cc1. The van der Waals surface area contributed by atoms with Gasteiger partial charge in [-0.1, -0.05) is 41.4 Å². The first kappa shape index (κ1) is 13.6. The van der Waals surface area contributed by atoms with Crippen LogP contribution in [0.15, 0.2) is 36.4 Å². The molecule has 96 valence electrons. The smallest absolute Gasteiger partial charge is 0.0931 e. The molecule has 1 atom stereocenters. The molecule has 0 saturated carbocycles. The van der Waals surface area contributed by atoms with Gasteiger partial charge in [0.2, 0.25) is 0 Å². The van der Waals surface area contributed by atoms with Gasteiger partial charge >= 0.3 is 0 Å². The molecule has 1 heterocycles. The van der Waals surface area contributed by atoms with Gasteiger partial charge in [0.25, 0.3) is 0 Å². The second kappa shape index (κ2) is 6.34. The average molecular weight is 281 g/mol. The Morgan fingerprint density at radius 3 is 2.56 bits per heavy atom. The molecule has 0 aliphatic heterocycles. The Labute approximate surface area is 117 Å². The Bertz CT molecular complexity index is 493. The molecular formula is C14H17ClN2S. The van der Waals surface area contributed by atoms with Crippen LogP contribution >= 0.6 is 22.9 Å². The number of benzene rings is 1. The van der Waals surface area contributed by atoms with Crippen LogP contribution in [0.25, 0.3) is 0 Å². The Kier molecular flexibility index (Phi) is 4.78. The highest BCUT2D eigenvalue weighted by atomic mass is 35.5. The zero-order valence-corrected chi connectivity index (χ0v) is 11.9. The molecule has 0 amide bonds. The summed E-state index contributed by atoms with van der Waals surface area (Å²) < 4.78 is 0.828. The van der Waals surface area contributed by atoms with Crippen LogP contribution in [0.4, 0.5) is 0 Å². The van der Waals surface area contributed by atoms with Crippen molar-refractivity contribution in [3.63, 3.8) is 0 Å². The molecule has 0 spiro atoms. The van der Waals surface area contributed by atoms with Crippen molar-refractivity contribution in [1.82, 2.24) is 5.32 Å². The lowest BCUT2D eigenvalue weighted by molar-refractivity contribution is 0.601. The van der Waals surface area contributed by atoms with Crippen molar-refractivity contribution in [2.45, 2.75) is 19.5 Å². The molecule has 2 aromatic rings. The molecule has 2 nitrogen and oxygen atoms in total. The lowest BCUT2D eigenvalue weighted by Crippen LogP contribution is -2.26. The molecule has 18 heavy (non-hydrogen) atoms. The number of halogens is 1. The maximum atomic E-state index is 6.13. The third-order valence-electron chi connectivity index (χ3n) is 2.80. The summed E-state index contributed by atoms with van der Waals surface area (Å²) in [6.45, 7) is 3.66. The molecule has 0 radical (unpaired) electrons. The zero-order valence-electron chi connectivity index (χ0n) is 10.3. The third kappa shape index (κ3) is 3.82. The van der Waals surface area contributed by atoms with Crippen LogP contribution in [-0.2, 0) is 6.54 Å². The molecule has 1 aromatic heterocycles. The van der Waals surface area contributed by atoms with E-state index in [9.17, 15) is 0 Å². The van der Waals surface area contributed by atoms with Crippen molar-refractivity contribution in [3.05, 3.63) is 56.7 Å². The minimum atomic E-state index is 0.0287. The van der Waals surface area contributed by atoms with Crippen molar-refractivity contribution < 1.29 is 0 Å². The first-order valence-corrected chi connectivity index (χ1v) is 7.11. The predicted molar refractivity (Wildman–Crippen MR) is 79.1 cm³/mol. The van der Waals surface area contributed by atoms with Crippen molar-refractivity contribution in [3.8, 4) is 0 Å². The van der Waals surface area contributed by atoms with E-state index in [4.69, 9.17) is 17.3 Å². The van der Waals surface area contributed by atoms with E-state index in [1.165, 1.54) is 10.4 Å². The summed E-state index contributed by atoms with van der Waals surface area (Å²) in [7, 11) is 0. The molecule has 3 N–H and O–H groups in total. The molecule has 0 fully saturated rings. The minimum Gasteiger partial charge on any atom is -0.323 e. The van der Waals surface area contributed by atoms with Crippen LogP contribution in [0.3, 0.4) is 0 Å². The van der Waals surface area contributed by atoms with Crippen LogP contribution in [0.5, 0.6) is 0 Å². The second-order valence-corrected chi connectivity index (χ2v) is 6.15. The van der Waals surface area contributed by atoms with Gasteiger partial charge < -0.3 is 11.1 Å². The van der Waals surface area contributed by atoms with Gasteiger partial charge in [0.1, 0.15) is 0 Å². The average Bonchev–Trinajstić information content (AvgIpc) is 2.76. The van der Waals surface area contributed by atoms with E-state index in [2.05, 4.69) is 36.5 Å². The molecule has 2 rings (SSSR count). The van der Waals surface area contributed by atoms with Crippen molar-refractivity contribution in [2.75, 3.05) is 6.54 Å². The van der Waals surface area contributed by atoms with Gasteiger partial charge in [-0.3, -0.25) is 0 Å². The summed E-state index contributed by atoms with van der Waals surface area (Å²) in [6, 6.07) is 12.3. The van der Waals surface area contributed by atoms with Gasteiger partial charge in [-0.25, -0.2) is 0 Å². The molecule has 0 bridgehead atoms. The predicted octanol–water partition coefficient (Wildman–Crippen LogP) is 3.50. The Morgan fingerprint density at radius 2 is 1.94 bits per heavy atom. The van der Waals surface area contributed by atoms with Crippen molar-refractivity contribution in [1.29, 1.82) is 0 Å². The number of nitrogens with one attached hydrogen (secondary N) is 1. The normalized spacial score (nSPS) is 12.6. The van der Waals surface area contributed by atoms with Gasteiger partial charge in [0.05, 0.1) is 4.34 Å². The number of rotatable bonds is 5. The molecule has 0 aliphatic rings. The topological polar surface area (TPSA) is 38.0 Å². The van der Waals surface area contributed by atoms with Crippen LogP contribution in [0.1, 0.15) is 22.0 Å². The number of aryl methyl sites for hydroxylation is 1. The van der Waals surface area contributed by atoms with E-state index in [0.717, 1.165) is 23.0 Å². The quantitative estimate of drug-likeness (QED) is 0.880. The minimum absolute atomic E-state index is 0.0287. The first-order chi connectivity index (χ1) is 8.65. The highest BCUT2D eigenvalue weighted by Crippen LogP contribution is 2.21.